The minimum Gasteiger partial charge on any atom is -0.465 e. The van der Waals surface area contributed by atoms with Crippen molar-refractivity contribution in [1.29, 1.82) is 0 Å². The summed E-state index contributed by atoms with van der Waals surface area (Å²) >= 11 is 1.42. The maximum Gasteiger partial charge on any atom is 0.410 e. The van der Waals surface area contributed by atoms with E-state index in [0.717, 1.165) is 40.3 Å². The zero-order valence-electron chi connectivity index (χ0n) is 23.4. The van der Waals surface area contributed by atoms with Gasteiger partial charge in [-0.15, -0.1) is 11.3 Å². The Balaban J connectivity index is 1.97. The number of rotatable bonds is 11. The van der Waals surface area contributed by atoms with Gasteiger partial charge in [0.15, 0.2) is 11.4 Å². The van der Waals surface area contributed by atoms with E-state index in [0.29, 0.717) is 18.1 Å². The lowest BCUT2D eigenvalue weighted by Crippen LogP contribution is -2.68. The van der Waals surface area contributed by atoms with E-state index >= 15 is 0 Å². The molecule has 0 bridgehead atoms. The van der Waals surface area contributed by atoms with Crippen LogP contribution in [-0.2, 0) is 24.1 Å². The fraction of sp³-hybridized carbons (Fsp3) is 0.556. The predicted octanol–water partition coefficient (Wildman–Crippen LogP) is 5.25. The van der Waals surface area contributed by atoms with Crippen LogP contribution in [0.2, 0.25) is 0 Å². The zero-order chi connectivity index (χ0) is 28.7. The van der Waals surface area contributed by atoms with Crippen molar-refractivity contribution in [1.82, 2.24) is 20.1 Å². The van der Waals surface area contributed by atoms with Gasteiger partial charge in [0.2, 0.25) is 5.91 Å². The Morgan fingerprint density at radius 1 is 0.895 bits per heavy atom. The second-order valence-corrected chi connectivity index (χ2v) is 12.1. The maximum absolute atomic E-state index is 12.2. The summed E-state index contributed by atoms with van der Waals surface area (Å²) in [7, 11) is 0. The highest BCUT2D eigenvalue weighted by atomic mass is 32.1. The third kappa shape index (κ3) is 9.29. The lowest BCUT2D eigenvalue weighted by molar-refractivity contribution is -0.114. The van der Waals surface area contributed by atoms with Gasteiger partial charge >= 0.3 is 12.2 Å². The number of aryl methyl sites for hydroxylation is 3. The van der Waals surface area contributed by atoms with Crippen LogP contribution in [0.4, 0.5) is 14.7 Å². The fourth-order valence-electron chi connectivity index (χ4n) is 4.11. The highest BCUT2D eigenvalue weighted by Crippen LogP contribution is 2.25. The summed E-state index contributed by atoms with van der Waals surface area (Å²) in [5.74, 6) is -0.131. The SMILES string of the molecule is CC(=O)Nc1nc(CCc2ccc(CCCNC(N(C(=O)O)C(C)(C)C)N(C(=O)O)C(C)(C)C)cc2)cs1. The minimum atomic E-state index is -1.19. The first-order valence-corrected chi connectivity index (χ1v) is 13.6. The molecule has 0 fully saturated rings. The van der Waals surface area contributed by atoms with E-state index in [-0.39, 0.29) is 5.91 Å². The monoisotopic (exact) mass is 547 g/mol. The molecule has 0 aliphatic rings. The summed E-state index contributed by atoms with van der Waals surface area (Å²) in [4.78, 5) is 42.2. The number of carbonyl (C=O) groups is 3. The molecule has 1 aromatic heterocycles. The first-order valence-electron chi connectivity index (χ1n) is 12.7. The van der Waals surface area contributed by atoms with Gasteiger partial charge in [-0.1, -0.05) is 24.3 Å². The zero-order valence-corrected chi connectivity index (χ0v) is 24.2. The van der Waals surface area contributed by atoms with Gasteiger partial charge in [0.25, 0.3) is 0 Å². The molecule has 0 atom stereocenters. The van der Waals surface area contributed by atoms with Crippen molar-refractivity contribution in [2.75, 3.05) is 11.9 Å². The molecule has 3 amide bonds. The molecule has 1 aromatic carbocycles. The number of carboxylic acid groups (broad SMARTS) is 2. The first-order chi connectivity index (χ1) is 17.6. The van der Waals surface area contributed by atoms with Gasteiger partial charge in [-0.25, -0.2) is 14.6 Å². The molecular formula is C27H41N5O5S. The van der Waals surface area contributed by atoms with E-state index < -0.39 is 29.6 Å². The molecule has 0 saturated carbocycles. The number of benzene rings is 1. The molecular weight excluding hydrogens is 506 g/mol. The Labute approximate surface area is 229 Å². The summed E-state index contributed by atoms with van der Waals surface area (Å²) in [6.45, 7) is 12.4. The molecule has 4 N–H and O–H groups in total. The highest BCUT2D eigenvalue weighted by molar-refractivity contribution is 7.13. The Morgan fingerprint density at radius 2 is 1.39 bits per heavy atom. The molecule has 11 heteroatoms. The van der Waals surface area contributed by atoms with Crippen molar-refractivity contribution in [2.24, 2.45) is 0 Å². The van der Waals surface area contributed by atoms with Crippen LogP contribution in [-0.4, -0.2) is 67.0 Å². The molecule has 0 aliphatic carbocycles. The van der Waals surface area contributed by atoms with E-state index in [9.17, 15) is 24.6 Å². The first kappa shape index (κ1) is 31.0. The quantitative estimate of drug-likeness (QED) is 0.223. The number of nitrogens with one attached hydrogen (secondary N) is 2. The van der Waals surface area contributed by atoms with Gasteiger partial charge in [0.1, 0.15) is 0 Å². The van der Waals surface area contributed by atoms with Crippen molar-refractivity contribution in [3.8, 4) is 0 Å². The van der Waals surface area contributed by atoms with Crippen LogP contribution >= 0.6 is 11.3 Å². The Hall–Kier alpha value is -3.18. The van der Waals surface area contributed by atoms with Crippen molar-refractivity contribution in [2.45, 2.75) is 91.5 Å². The van der Waals surface area contributed by atoms with Gasteiger partial charge in [-0.2, -0.15) is 0 Å². The van der Waals surface area contributed by atoms with Crippen LogP contribution in [0.15, 0.2) is 29.6 Å². The van der Waals surface area contributed by atoms with Crippen LogP contribution in [0.25, 0.3) is 0 Å². The van der Waals surface area contributed by atoms with Crippen LogP contribution in [0.5, 0.6) is 0 Å². The molecule has 1 heterocycles. The van der Waals surface area contributed by atoms with E-state index in [1.54, 1.807) is 41.5 Å². The summed E-state index contributed by atoms with van der Waals surface area (Å²) < 4.78 is 0. The van der Waals surface area contributed by atoms with E-state index in [2.05, 4.69) is 39.9 Å². The van der Waals surface area contributed by atoms with Crippen LogP contribution < -0.4 is 10.6 Å². The van der Waals surface area contributed by atoms with Crippen molar-refractivity contribution >= 4 is 34.6 Å². The van der Waals surface area contributed by atoms with Crippen molar-refractivity contribution in [3.63, 3.8) is 0 Å². The van der Waals surface area contributed by atoms with Gasteiger partial charge in [0, 0.05) is 23.4 Å². The molecule has 10 nitrogen and oxygen atoms in total. The standard InChI is InChI=1S/C27H41N5O5S/c1-18(33)29-22-30-21(17-38-22)15-14-20-12-10-19(11-13-20)9-8-16-28-23(31(24(34)35)26(2,3)4)32(25(36)37)27(5,6)7/h10-13,17,23,28H,8-9,14-16H2,1-7H3,(H,34,35)(H,36,37)(H,29,30,33). The van der Waals surface area contributed by atoms with Crippen LogP contribution in [0, 0.1) is 0 Å². The minimum absolute atomic E-state index is 0.131. The Bertz CT molecular complexity index is 1060. The fourth-order valence-corrected chi connectivity index (χ4v) is 4.90. The molecule has 0 aliphatic heterocycles. The number of hydrogen-bond acceptors (Lipinski definition) is 6. The van der Waals surface area contributed by atoms with Gasteiger partial charge < -0.3 is 15.5 Å². The number of nitrogens with zero attached hydrogens (tertiary/aromatic N) is 3. The van der Waals surface area contributed by atoms with Gasteiger partial charge in [-0.05, 0) is 84.9 Å². The molecule has 2 rings (SSSR count). The van der Waals surface area contributed by atoms with Crippen molar-refractivity contribution < 1.29 is 24.6 Å². The van der Waals surface area contributed by atoms with E-state index in [1.807, 2.05) is 5.38 Å². The Kier molecular flexibility index (Phi) is 10.7. The Morgan fingerprint density at radius 3 is 1.84 bits per heavy atom. The number of thiazole rings is 1. The molecule has 38 heavy (non-hydrogen) atoms. The number of amides is 3. The normalized spacial score (nSPS) is 11.9. The molecule has 0 spiro atoms. The highest BCUT2D eigenvalue weighted by Gasteiger charge is 2.42. The molecule has 2 aromatic rings. The summed E-state index contributed by atoms with van der Waals surface area (Å²) in [6.07, 6.45) is -0.336. The van der Waals surface area contributed by atoms with E-state index in [1.165, 1.54) is 23.8 Å². The van der Waals surface area contributed by atoms with Crippen LogP contribution in [0.1, 0.15) is 71.7 Å². The topological polar surface area (TPSA) is 135 Å². The second-order valence-electron chi connectivity index (χ2n) is 11.2. The smallest absolute Gasteiger partial charge is 0.410 e. The second kappa shape index (κ2) is 13.1. The van der Waals surface area contributed by atoms with E-state index in [4.69, 9.17) is 0 Å². The summed E-state index contributed by atoms with van der Waals surface area (Å²) in [5, 5.41) is 28.3. The molecule has 0 unspecified atom stereocenters. The molecule has 0 saturated heterocycles. The molecule has 210 valence electrons. The van der Waals surface area contributed by atoms with Crippen LogP contribution in [0.3, 0.4) is 0 Å². The average molecular weight is 548 g/mol. The number of hydrogen-bond donors (Lipinski definition) is 4. The summed E-state index contributed by atoms with van der Waals surface area (Å²) in [5.41, 5.74) is 1.64. The largest absolute Gasteiger partial charge is 0.465 e. The van der Waals surface area contributed by atoms with Crippen molar-refractivity contribution in [3.05, 3.63) is 46.5 Å². The lowest BCUT2D eigenvalue weighted by Gasteiger charge is -2.48. The van der Waals surface area contributed by atoms with Gasteiger partial charge in [0.05, 0.1) is 5.69 Å². The molecule has 0 radical (unpaired) electrons. The number of anilines is 1. The average Bonchev–Trinajstić information content (AvgIpc) is 3.20. The maximum atomic E-state index is 12.2. The summed E-state index contributed by atoms with van der Waals surface area (Å²) in [6, 6.07) is 8.33. The predicted molar refractivity (Wildman–Crippen MR) is 150 cm³/mol. The number of aromatic nitrogens is 1. The number of carbonyl (C=O) groups excluding carboxylic acids is 1. The third-order valence-corrected chi connectivity index (χ3v) is 6.65. The lowest BCUT2D eigenvalue weighted by atomic mass is 10.0. The third-order valence-electron chi connectivity index (χ3n) is 5.84. The van der Waals surface area contributed by atoms with Gasteiger partial charge in [-0.3, -0.25) is 19.9 Å².